The van der Waals surface area contributed by atoms with E-state index in [4.69, 9.17) is 0 Å². The first kappa shape index (κ1) is 27.5. The van der Waals surface area contributed by atoms with Crippen molar-refractivity contribution in [2.24, 2.45) is 0 Å². The van der Waals surface area contributed by atoms with Crippen LogP contribution in [0.1, 0.15) is 0 Å². The van der Waals surface area contributed by atoms with Crippen LogP contribution in [0, 0.1) is 0 Å². The van der Waals surface area contributed by atoms with Crippen LogP contribution in [0.2, 0.25) is 0 Å². The molecule has 0 aliphatic carbocycles. The summed E-state index contributed by atoms with van der Waals surface area (Å²) in [5.74, 6) is 0. The first-order valence-corrected chi connectivity index (χ1v) is 16.8. The minimum absolute atomic E-state index is 1.12. The number of anilines is 3. The highest BCUT2D eigenvalue weighted by atomic mass is 15.1. The third kappa shape index (κ3) is 4.29. The van der Waals surface area contributed by atoms with Gasteiger partial charge in [0.15, 0.2) is 0 Å². The maximum atomic E-state index is 2.48. The molecule has 0 atom stereocenters. The van der Waals surface area contributed by atoms with Gasteiger partial charge in [-0.25, -0.2) is 0 Å². The number of aromatic nitrogens is 2. The van der Waals surface area contributed by atoms with Crippen LogP contribution in [0.4, 0.5) is 17.1 Å². The number of para-hydroxylation sites is 5. The van der Waals surface area contributed by atoms with Crippen molar-refractivity contribution in [3.8, 4) is 11.4 Å². The van der Waals surface area contributed by atoms with E-state index in [0.717, 1.165) is 28.4 Å². The van der Waals surface area contributed by atoms with Crippen molar-refractivity contribution < 1.29 is 0 Å². The van der Waals surface area contributed by atoms with Crippen LogP contribution >= 0.6 is 0 Å². The quantitative estimate of drug-likeness (QED) is 0.185. The maximum Gasteiger partial charge on any atom is 0.0641 e. The monoisotopic (exact) mass is 625 g/mol. The molecule has 3 heteroatoms. The molecular formula is C46H31N3. The summed E-state index contributed by atoms with van der Waals surface area (Å²) in [5.41, 5.74) is 10.5. The second-order valence-electron chi connectivity index (χ2n) is 12.6. The molecule has 230 valence electrons. The number of hydrogen-bond acceptors (Lipinski definition) is 1. The fourth-order valence-corrected chi connectivity index (χ4v) is 7.73. The lowest BCUT2D eigenvalue weighted by molar-refractivity contribution is 1.18. The number of fused-ring (bicyclic) bond motifs is 8. The Morgan fingerprint density at radius 1 is 0.327 bits per heavy atom. The molecule has 0 N–H and O–H groups in total. The summed E-state index contributed by atoms with van der Waals surface area (Å²) in [4.78, 5) is 2.33. The Labute approximate surface area is 284 Å². The number of hydrogen-bond donors (Lipinski definition) is 0. The Bertz CT molecular complexity index is 2770. The summed E-state index contributed by atoms with van der Waals surface area (Å²) in [7, 11) is 0. The highest BCUT2D eigenvalue weighted by Gasteiger charge is 2.21. The van der Waals surface area contributed by atoms with Crippen LogP contribution in [0.3, 0.4) is 0 Å². The fourth-order valence-electron chi connectivity index (χ4n) is 7.73. The Morgan fingerprint density at radius 3 is 1.63 bits per heavy atom. The van der Waals surface area contributed by atoms with Gasteiger partial charge in [0.1, 0.15) is 0 Å². The molecule has 10 aromatic rings. The predicted octanol–water partition coefficient (Wildman–Crippen LogP) is 12.5. The Kier molecular flexibility index (Phi) is 6.18. The van der Waals surface area contributed by atoms with E-state index in [1.807, 2.05) is 0 Å². The van der Waals surface area contributed by atoms with Gasteiger partial charge in [-0.1, -0.05) is 109 Å². The molecule has 0 bridgehead atoms. The van der Waals surface area contributed by atoms with Crippen LogP contribution < -0.4 is 4.90 Å². The van der Waals surface area contributed by atoms with E-state index in [9.17, 15) is 0 Å². The first-order valence-electron chi connectivity index (χ1n) is 16.8. The summed E-state index contributed by atoms with van der Waals surface area (Å²) < 4.78 is 4.88. The lowest BCUT2D eigenvalue weighted by Crippen LogP contribution is -2.09. The first-order chi connectivity index (χ1) is 24.3. The Hall–Kier alpha value is -6.58. The van der Waals surface area contributed by atoms with Crippen LogP contribution in [-0.2, 0) is 0 Å². The lowest BCUT2D eigenvalue weighted by Gasteiger charge is -2.25. The van der Waals surface area contributed by atoms with Crippen molar-refractivity contribution in [1.82, 2.24) is 9.13 Å². The maximum absolute atomic E-state index is 2.48. The average molecular weight is 626 g/mol. The van der Waals surface area contributed by atoms with Gasteiger partial charge in [0, 0.05) is 50.0 Å². The normalized spacial score (nSPS) is 11.7. The molecule has 0 aliphatic heterocycles. The Balaban J connectivity index is 1.26. The Morgan fingerprint density at radius 2 is 0.918 bits per heavy atom. The number of benzene rings is 8. The highest BCUT2D eigenvalue weighted by Crippen LogP contribution is 2.43. The zero-order chi connectivity index (χ0) is 32.3. The van der Waals surface area contributed by atoms with Crippen molar-refractivity contribution in [3.05, 3.63) is 188 Å². The van der Waals surface area contributed by atoms with E-state index in [1.165, 1.54) is 54.4 Å². The molecule has 0 saturated carbocycles. The third-order valence-electron chi connectivity index (χ3n) is 9.84. The van der Waals surface area contributed by atoms with Crippen LogP contribution in [0.25, 0.3) is 65.8 Å². The molecular weight excluding hydrogens is 595 g/mol. The smallest absolute Gasteiger partial charge is 0.0641 e. The van der Waals surface area contributed by atoms with Gasteiger partial charge in [-0.2, -0.15) is 0 Å². The van der Waals surface area contributed by atoms with Crippen molar-refractivity contribution in [3.63, 3.8) is 0 Å². The van der Waals surface area contributed by atoms with E-state index in [1.54, 1.807) is 0 Å². The van der Waals surface area contributed by atoms with Gasteiger partial charge in [0.25, 0.3) is 0 Å². The summed E-state index contributed by atoms with van der Waals surface area (Å²) in [6.07, 6.45) is 0. The molecule has 10 rings (SSSR count). The van der Waals surface area contributed by atoms with Crippen LogP contribution in [0.15, 0.2) is 188 Å². The molecule has 0 unspecified atom stereocenters. The number of rotatable bonds is 5. The summed E-state index contributed by atoms with van der Waals surface area (Å²) in [5, 5.41) is 7.43. The molecule has 0 saturated heterocycles. The molecule has 49 heavy (non-hydrogen) atoms. The fraction of sp³-hybridized carbons (Fsp3) is 0. The van der Waals surface area contributed by atoms with Gasteiger partial charge < -0.3 is 14.0 Å². The van der Waals surface area contributed by atoms with Crippen LogP contribution in [-0.4, -0.2) is 9.13 Å². The molecule has 3 nitrogen and oxygen atoms in total. The largest absolute Gasteiger partial charge is 0.310 e. The second-order valence-corrected chi connectivity index (χ2v) is 12.6. The average Bonchev–Trinajstić information content (AvgIpc) is 3.69. The molecule has 0 amide bonds. The SMILES string of the molecule is c1ccc(N(c2ccccc2)c2ccc3ccc(-n4c5ccccc5c5ccc6c(c7ccccc7n6-c6ccccc6)c54)cc3c2)cc1. The molecule has 8 aromatic carbocycles. The minimum atomic E-state index is 1.12. The van der Waals surface area contributed by atoms with E-state index in [-0.39, 0.29) is 0 Å². The second kappa shape index (κ2) is 11.0. The number of nitrogens with zero attached hydrogens (tertiary/aromatic N) is 3. The standard InChI is InChI=1S/C46H31N3/c1-4-14-34(15-5-1)47(35-16-6-2-7-17-35)37-26-24-32-25-27-38(31-33(32)30-37)49-42-22-12-10-20-39(42)40-28-29-44-45(46(40)49)41-21-11-13-23-43(41)48(44)36-18-8-3-9-19-36/h1-31H. The third-order valence-corrected chi connectivity index (χ3v) is 9.84. The highest BCUT2D eigenvalue weighted by molar-refractivity contribution is 6.26. The molecule has 0 radical (unpaired) electrons. The molecule has 2 heterocycles. The van der Waals surface area contributed by atoms with E-state index >= 15 is 0 Å². The zero-order valence-electron chi connectivity index (χ0n) is 26.7. The van der Waals surface area contributed by atoms with E-state index in [2.05, 4.69) is 202 Å². The van der Waals surface area contributed by atoms with Crippen molar-refractivity contribution in [1.29, 1.82) is 0 Å². The van der Waals surface area contributed by atoms with Gasteiger partial charge >= 0.3 is 0 Å². The summed E-state index contributed by atoms with van der Waals surface area (Å²) in [6.45, 7) is 0. The van der Waals surface area contributed by atoms with E-state index in [0.29, 0.717) is 0 Å². The lowest BCUT2D eigenvalue weighted by atomic mass is 10.1. The molecule has 2 aromatic heterocycles. The minimum Gasteiger partial charge on any atom is -0.310 e. The van der Waals surface area contributed by atoms with Crippen molar-refractivity contribution in [2.45, 2.75) is 0 Å². The van der Waals surface area contributed by atoms with E-state index < -0.39 is 0 Å². The van der Waals surface area contributed by atoms with Crippen molar-refractivity contribution >= 4 is 71.4 Å². The van der Waals surface area contributed by atoms with Crippen LogP contribution in [0.5, 0.6) is 0 Å². The van der Waals surface area contributed by atoms with Crippen molar-refractivity contribution in [2.75, 3.05) is 4.90 Å². The summed E-state index contributed by atoms with van der Waals surface area (Å²) in [6, 6.07) is 67.8. The van der Waals surface area contributed by atoms with Gasteiger partial charge in [-0.3, -0.25) is 0 Å². The zero-order valence-corrected chi connectivity index (χ0v) is 26.7. The van der Waals surface area contributed by atoms with Gasteiger partial charge in [0.05, 0.1) is 22.1 Å². The van der Waals surface area contributed by atoms with Gasteiger partial charge in [0.2, 0.25) is 0 Å². The molecule has 0 fully saturated rings. The summed E-state index contributed by atoms with van der Waals surface area (Å²) >= 11 is 0. The predicted molar refractivity (Wildman–Crippen MR) is 207 cm³/mol. The van der Waals surface area contributed by atoms with Gasteiger partial charge in [-0.15, -0.1) is 0 Å². The topological polar surface area (TPSA) is 13.1 Å². The van der Waals surface area contributed by atoms with Gasteiger partial charge in [-0.05, 0) is 89.6 Å². The molecule has 0 aliphatic rings. The molecule has 0 spiro atoms.